The molecule has 1 N–H and O–H groups in total. The van der Waals surface area contributed by atoms with Gasteiger partial charge in [-0.15, -0.1) is 0 Å². The maximum atomic E-state index is 11.6. The van der Waals surface area contributed by atoms with Gasteiger partial charge in [-0.1, -0.05) is 30.3 Å². The second-order valence-corrected chi connectivity index (χ2v) is 4.61. The molecule has 0 radical (unpaired) electrons. The third-order valence-corrected chi connectivity index (χ3v) is 3.55. The first-order chi connectivity index (χ1) is 8.31. The zero-order chi connectivity index (χ0) is 12.1. The van der Waals surface area contributed by atoms with E-state index < -0.39 is 0 Å². The number of rotatable bonds is 4. The average Bonchev–Trinajstić information content (AvgIpc) is 2.85. The smallest absolute Gasteiger partial charge is 0.364 e. The molecule has 1 aromatic carbocycles. The van der Waals surface area contributed by atoms with Gasteiger partial charge in [0.15, 0.2) is 6.04 Å². The molecule has 1 aromatic rings. The van der Waals surface area contributed by atoms with Crippen molar-refractivity contribution < 1.29 is 14.4 Å². The summed E-state index contributed by atoms with van der Waals surface area (Å²) in [4.78, 5) is 13.0. The number of quaternary nitrogens is 1. The predicted octanol–water partition coefficient (Wildman–Crippen LogP) is 0.449. The number of nitrogens with one attached hydrogen (secondary N) is 1. The summed E-state index contributed by atoms with van der Waals surface area (Å²) in [6.07, 6.45) is 3.13. The Morgan fingerprint density at radius 1 is 1.41 bits per heavy atom. The minimum Gasteiger partial charge on any atom is -0.465 e. The van der Waals surface area contributed by atoms with Gasteiger partial charge >= 0.3 is 5.97 Å². The van der Waals surface area contributed by atoms with Gasteiger partial charge in [0.25, 0.3) is 0 Å². The van der Waals surface area contributed by atoms with Crippen LogP contribution in [-0.4, -0.2) is 32.2 Å². The SMILES string of the molecule is COC(=O)[C@H]1CCC[NH+]1CCc1ccccc1. The van der Waals surface area contributed by atoms with Crippen molar-refractivity contribution in [3.05, 3.63) is 35.9 Å². The van der Waals surface area contributed by atoms with E-state index in [1.54, 1.807) is 0 Å². The molecule has 1 saturated heterocycles. The lowest BCUT2D eigenvalue weighted by molar-refractivity contribution is -0.903. The standard InChI is InChI=1S/C14H19NO2/c1-17-14(16)13-8-5-10-15(13)11-9-12-6-3-2-4-7-12/h2-4,6-7,13H,5,8-11H2,1H3/p+1/t13-/m1/s1. The van der Waals surface area contributed by atoms with Crippen molar-refractivity contribution in [2.24, 2.45) is 0 Å². The maximum absolute atomic E-state index is 11.6. The average molecular weight is 234 g/mol. The van der Waals surface area contributed by atoms with E-state index in [9.17, 15) is 4.79 Å². The van der Waals surface area contributed by atoms with Crippen LogP contribution in [0.15, 0.2) is 30.3 Å². The summed E-state index contributed by atoms with van der Waals surface area (Å²) in [5.74, 6) is -0.0504. The minimum atomic E-state index is -0.0504. The Hall–Kier alpha value is -1.35. The van der Waals surface area contributed by atoms with Crippen LogP contribution in [0.4, 0.5) is 0 Å². The number of hydrogen-bond acceptors (Lipinski definition) is 2. The summed E-state index contributed by atoms with van der Waals surface area (Å²) in [7, 11) is 1.48. The molecule has 1 heterocycles. The summed E-state index contributed by atoms with van der Waals surface area (Å²) in [5, 5.41) is 0. The summed E-state index contributed by atoms with van der Waals surface area (Å²) in [6.45, 7) is 2.11. The van der Waals surface area contributed by atoms with Crippen molar-refractivity contribution in [1.29, 1.82) is 0 Å². The number of methoxy groups -OCH3 is 1. The number of likely N-dealkylation sites (tertiary alicyclic amines) is 1. The molecule has 0 aromatic heterocycles. The lowest BCUT2D eigenvalue weighted by atomic mass is 10.1. The highest BCUT2D eigenvalue weighted by Crippen LogP contribution is 2.03. The second kappa shape index (κ2) is 5.82. The van der Waals surface area contributed by atoms with Gasteiger partial charge in [0.2, 0.25) is 0 Å². The molecule has 0 amide bonds. The highest BCUT2D eigenvalue weighted by molar-refractivity contribution is 5.74. The van der Waals surface area contributed by atoms with Gasteiger partial charge in [-0.2, -0.15) is 0 Å². The molecule has 3 nitrogen and oxygen atoms in total. The van der Waals surface area contributed by atoms with Crippen LogP contribution in [0.3, 0.4) is 0 Å². The molecule has 1 aliphatic rings. The van der Waals surface area contributed by atoms with E-state index in [4.69, 9.17) is 4.74 Å². The van der Waals surface area contributed by atoms with E-state index in [1.807, 2.05) is 6.07 Å². The van der Waals surface area contributed by atoms with Crippen LogP contribution in [0.25, 0.3) is 0 Å². The number of carbonyl (C=O) groups is 1. The third-order valence-electron chi connectivity index (χ3n) is 3.55. The Morgan fingerprint density at radius 3 is 2.88 bits per heavy atom. The van der Waals surface area contributed by atoms with Crippen molar-refractivity contribution in [1.82, 2.24) is 0 Å². The molecule has 2 atom stereocenters. The van der Waals surface area contributed by atoms with Crippen molar-refractivity contribution in [3.8, 4) is 0 Å². The predicted molar refractivity (Wildman–Crippen MR) is 65.9 cm³/mol. The van der Waals surface area contributed by atoms with Crippen molar-refractivity contribution in [2.45, 2.75) is 25.3 Å². The van der Waals surface area contributed by atoms with Crippen LogP contribution in [0.1, 0.15) is 18.4 Å². The molecule has 0 saturated carbocycles. The monoisotopic (exact) mass is 234 g/mol. The molecule has 1 unspecified atom stereocenters. The lowest BCUT2D eigenvalue weighted by Gasteiger charge is -2.19. The van der Waals surface area contributed by atoms with E-state index in [2.05, 4.69) is 24.3 Å². The molecule has 17 heavy (non-hydrogen) atoms. The van der Waals surface area contributed by atoms with E-state index in [1.165, 1.54) is 17.6 Å². The molecule has 0 aliphatic carbocycles. The highest BCUT2D eigenvalue weighted by atomic mass is 16.5. The largest absolute Gasteiger partial charge is 0.465 e. The first kappa shape index (κ1) is 12.1. The van der Waals surface area contributed by atoms with E-state index in [0.29, 0.717) is 0 Å². The van der Waals surface area contributed by atoms with Gasteiger partial charge in [-0.25, -0.2) is 4.79 Å². The topological polar surface area (TPSA) is 30.7 Å². The van der Waals surface area contributed by atoms with Crippen LogP contribution in [0.5, 0.6) is 0 Å². The van der Waals surface area contributed by atoms with Crippen LogP contribution in [0.2, 0.25) is 0 Å². The Morgan fingerprint density at radius 2 is 2.18 bits per heavy atom. The van der Waals surface area contributed by atoms with Gasteiger partial charge in [0, 0.05) is 19.3 Å². The summed E-state index contributed by atoms with van der Waals surface area (Å²) >= 11 is 0. The van der Waals surface area contributed by atoms with Crippen LogP contribution in [-0.2, 0) is 16.0 Å². The number of hydrogen-bond donors (Lipinski definition) is 1. The van der Waals surface area contributed by atoms with Gasteiger partial charge in [-0.05, 0) is 5.56 Å². The highest BCUT2D eigenvalue weighted by Gasteiger charge is 2.34. The van der Waals surface area contributed by atoms with Gasteiger partial charge in [0.1, 0.15) is 0 Å². The van der Waals surface area contributed by atoms with Crippen molar-refractivity contribution in [2.75, 3.05) is 20.2 Å². The minimum absolute atomic E-state index is 0.0504. The fourth-order valence-corrected chi connectivity index (χ4v) is 2.59. The van der Waals surface area contributed by atoms with Gasteiger partial charge in [-0.3, -0.25) is 0 Å². The molecule has 0 bridgehead atoms. The van der Waals surface area contributed by atoms with E-state index in [0.717, 1.165) is 32.4 Å². The summed E-state index contributed by atoms with van der Waals surface area (Å²) in [6, 6.07) is 10.5. The molecular weight excluding hydrogens is 214 g/mol. The third kappa shape index (κ3) is 3.07. The molecule has 1 fully saturated rings. The van der Waals surface area contributed by atoms with Crippen LogP contribution < -0.4 is 4.90 Å². The maximum Gasteiger partial charge on any atom is 0.364 e. The van der Waals surface area contributed by atoms with Crippen molar-refractivity contribution >= 4 is 5.97 Å². The molecule has 92 valence electrons. The molecule has 2 rings (SSSR count). The molecule has 1 aliphatic heterocycles. The number of esters is 1. The Kier molecular flexibility index (Phi) is 4.15. The Balaban J connectivity index is 1.88. The van der Waals surface area contributed by atoms with Crippen LogP contribution >= 0.6 is 0 Å². The first-order valence-electron chi connectivity index (χ1n) is 6.27. The van der Waals surface area contributed by atoms with E-state index in [-0.39, 0.29) is 12.0 Å². The molecule has 0 spiro atoms. The summed E-state index contributed by atoms with van der Waals surface area (Å²) < 4.78 is 4.86. The fourth-order valence-electron chi connectivity index (χ4n) is 2.59. The normalized spacial score (nSPS) is 23.6. The molecule has 3 heteroatoms. The van der Waals surface area contributed by atoms with Crippen molar-refractivity contribution in [3.63, 3.8) is 0 Å². The lowest BCUT2D eigenvalue weighted by Crippen LogP contribution is -3.15. The summed E-state index contributed by atoms with van der Waals surface area (Å²) in [5.41, 5.74) is 1.34. The number of ether oxygens (including phenoxy) is 1. The zero-order valence-electron chi connectivity index (χ0n) is 10.3. The van der Waals surface area contributed by atoms with Gasteiger partial charge in [0.05, 0.1) is 20.2 Å². The molecular formula is C14H20NO2+. The number of carbonyl (C=O) groups excluding carboxylic acids is 1. The van der Waals surface area contributed by atoms with Crippen LogP contribution in [0, 0.1) is 0 Å². The Labute approximate surface area is 102 Å². The van der Waals surface area contributed by atoms with E-state index >= 15 is 0 Å². The first-order valence-corrected chi connectivity index (χ1v) is 6.27. The fraction of sp³-hybridized carbons (Fsp3) is 0.500. The zero-order valence-corrected chi connectivity index (χ0v) is 10.3. The second-order valence-electron chi connectivity index (χ2n) is 4.61. The Bertz CT molecular complexity index is 364. The quantitative estimate of drug-likeness (QED) is 0.767. The number of benzene rings is 1. The van der Waals surface area contributed by atoms with Gasteiger partial charge < -0.3 is 9.64 Å².